The average Bonchev–Trinajstić information content (AvgIpc) is 3.19. The number of carbonyl (C=O) groups excluding carboxylic acids is 2. The summed E-state index contributed by atoms with van der Waals surface area (Å²) in [7, 11) is 4.59. The van der Waals surface area contributed by atoms with E-state index in [-0.39, 0.29) is 24.5 Å². The summed E-state index contributed by atoms with van der Waals surface area (Å²) in [5.74, 6) is 1.18. The molecule has 0 radical (unpaired) electrons. The lowest BCUT2D eigenvalue weighted by Crippen LogP contribution is -2.31. The Morgan fingerprint density at radius 1 is 1.06 bits per heavy atom. The quantitative estimate of drug-likeness (QED) is 0.443. The normalized spacial score (nSPS) is 13.4. The number of amides is 1. The molecule has 0 spiro atoms. The maximum absolute atomic E-state index is 13.3. The van der Waals surface area contributed by atoms with Crippen molar-refractivity contribution in [2.24, 2.45) is 0 Å². The second-order valence-corrected chi connectivity index (χ2v) is 8.39. The highest BCUT2D eigenvalue weighted by molar-refractivity contribution is 6.30. The number of rotatable bonds is 9. The summed E-state index contributed by atoms with van der Waals surface area (Å²) in [4.78, 5) is 32.4. The molecule has 1 unspecified atom stereocenters. The number of hydrogen-bond donors (Lipinski definition) is 0. The Balaban J connectivity index is 1.71. The van der Waals surface area contributed by atoms with E-state index in [4.69, 9.17) is 25.8 Å². The molecular weight excluding hydrogens is 456 g/mol. The van der Waals surface area contributed by atoms with Crippen LogP contribution in [0.2, 0.25) is 5.02 Å². The van der Waals surface area contributed by atoms with E-state index in [1.165, 1.54) is 27.5 Å². The lowest BCUT2D eigenvalue weighted by Gasteiger charge is -2.29. The molecule has 2 heterocycles. The van der Waals surface area contributed by atoms with Gasteiger partial charge in [0, 0.05) is 36.8 Å². The third kappa shape index (κ3) is 4.70. The van der Waals surface area contributed by atoms with Crippen LogP contribution in [0.1, 0.15) is 39.6 Å². The first kappa shape index (κ1) is 23.6. The lowest BCUT2D eigenvalue weighted by molar-refractivity contribution is -0.119. The van der Waals surface area contributed by atoms with E-state index in [2.05, 4.69) is 4.98 Å². The number of Topliss-reactive ketones (excluding diaryl/α,β-unsaturated/α-hetero) is 1. The Morgan fingerprint density at radius 3 is 2.35 bits per heavy atom. The molecule has 8 heteroatoms. The summed E-state index contributed by atoms with van der Waals surface area (Å²) in [5, 5.41) is 0.506. The van der Waals surface area contributed by atoms with Crippen molar-refractivity contribution < 1.29 is 23.8 Å². The molecule has 0 bridgehead atoms. The van der Waals surface area contributed by atoms with E-state index in [0.717, 1.165) is 5.56 Å². The molecule has 1 aromatic heterocycles. The number of methoxy groups -OCH3 is 3. The van der Waals surface area contributed by atoms with Crippen molar-refractivity contribution >= 4 is 23.3 Å². The second kappa shape index (κ2) is 10.1. The molecule has 1 amide bonds. The maximum Gasteiger partial charge on any atom is 0.255 e. The number of nitrogens with zero attached hydrogens (tertiary/aromatic N) is 2. The number of hydrogen-bond acceptors (Lipinski definition) is 6. The summed E-state index contributed by atoms with van der Waals surface area (Å²) in [5.41, 5.74) is 2.91. The Bertz CT molecular complexity index is 1190. The molecule has 34 heavy (non-hydrogen) atoms. The van der Waals surface area contributed by atoms with Crippen LogP contribution in [-0.4, -0.2) is 42.9 Å². The summed E-state index contributed by atoms with van der Waals surface area (Å²) in [6.45, 7) is 0.406. The fraction of sp³-hybridized carbons (Fsp3) is 0.269. The van der Waals surface area contributed by atoms with Crippen LogP contribution < -0.4 is 14.2 Å². The van der Waals surface area contributed by atoms with Gasteiger partial charge in [-0.1, -0.05) is 29.8 Å². The van der Waals surface area contributed by atoms with E-state index in [0.29, 0.717) is 45.6 Å². The molecule has 7 nitrogen and oxygen atoms in total. The molecule has 1 aliphatic rings. The Hall–Kier alpha value is -3.58. The monoisotopic (exact) mass is 480 g/mol. The third-order valence-corrected chi connectivity index (χ3v) is 6.11. The number of benzene rings is 2. The predicted molar refractivity (Wildman–Crippen MR) is 128 cm³/mol. The third-order valence-electron chi connectivity index (χ3n) is 5.89. The molecule has 176 valence electrons. The minimum absolute atomic E-state index is 0.0580. The van der Waals surface area contributed by atoms with E-state index in [1.807, 2.05) is 24.3 Å². The summed E-state index contributed by atoms with van der Waals surface area (Å²) in [6.07, 6.45) is 1.75. The van der Waals surface area contributed by atoms with Crippen molar-refractivity contribution in [3.05, 3.63) is 82.1 Å². The molecule has 2 aromatic carbocycles. The number of aromatic nitrogens is 1. The van der Waals surface area contributed by atoms with Gasteiger partial charge in [-0.2, -0.15) is 0 Å². The van der Waals surface area contributed by atoms with Gasteiger partial charge in [0.05, 0.1) is 32.4 Å². The summed E-state index contributed by atoms with van der Waals surface area (Å²) >= 11 is 5.92. The van der Waals surface area contributed by atoms with Crippen LogP contribution in [0.3, 0.4) is 0 Å². The molecule has 0 saturated heterocycles. The van der Waals surface area contributed by atoms with Crippen LogP contribution in [0.15, 0.2) is 54.7 Å². The molecule has 3 aromatic rings. The number of ketones is 1. The minimum atomic E-state index is -0.534. The van der Waals surface area contributed by atoms with Crippen molar-refractivity contribution in [2.45, 2.75) is 25.4 Å². The fourth-order valence-electron chi connectivity index (χ4n) is 4.23. The standard InChI is InChI=1S/C26H25ClN2O5/c1-32-23-10-17(11-24(33-2)25(23)34-3)22(13-20(30)12-19-9-8-18(27)14-28-19)29-15-16-6-4-5-7-21(16)26(29)31/h4-11,14,22H,12-13,15H2,1-3H3. The predicted octanol–water partition coefficient (Wildman–Crippen LogP) is 4.66. The van der Waals surface area contributed by atoms with E-state index >= 15 is 0 Å². The van der Waals surface area contributed by atoms with Gasteiger partial charge in [0.2, 0.25) is 5.75 Å². The number of pyridine rings is 1. The summed E-state index contributed by atoms with van der Waals surface area (Å²) in [6, 6.07) is 14.0. The molecule has 1 atom stereocenters. The molecule has 0 saturated carbocycles. The van der Waals surface area contributed by atoms with Crippen LogP contribution in [-0.2, 0) is 17.8 Å². The van der Waals surface area contributed by atoms with Crippen molar-refractivity contribution in [2.75, 3.05) is 21.3 Å². The topological polar surface area (TPSA) is 78.0 Å². The molecule has 4 rings (SSSR count). The van der Waals surface area contributed by atoms with E-state index in [1.54, 1.807) is 29.2 Å². The van der Waals surface area contributed by atoms with Gasteiger partial charge >= 0.3 is 0 Å². The molecule has 0 N–H and O–H groups in total. The molecule has 0 aliphatic carbocycles. The van der Waals surface area contributed by atoms with E-state index < -0.39 is 6.04 Å². The Labute approximate surface area is 203 Å². The smallest absolute Gasteiger partial charge is 0.255 e. The van der Waals surface area contributed by atoms with Crippen LogP contribution in [0.4, 0.5) is 0 Å². The van der Waals surface area contributed by atoms with Crippen LogP contribution >= 0.6 is 11.6 Å². The first-order valence-electron chi connectivity index (χ1n) is 10.8. The maximum atomic E-state index is 13.3. The average molecular weight is 481 g/mol. The van der Waals surface area contributed by atoms with Gasteiger partial charge in [0.1, 0.15) is 5.78 Å². The first-order chi connectivity index (χ1) is 16.4. The van der Waals surface area contributed by atoms with Gasteiger partial charge < -0.3 is 19.1 Å². The van der Waals surface area contributed by atoms with Crippen LogP contribution in [0.5, 0.6) is 17.2 Å². The van der Waals surface area contributed by atoms with Crippen molar-refractivity contribution in [1.29, 1.82) is 0 Å². The van der Waals surface area contributed by atoms with Crippen molar-refractivity contribution in [3.8, 4) is 17.2 Å². The number of ether oxygens (including phenoxy) is 3. The lowest BCUT2D eigenvalue weighted by atomic mass is 9.96. The second-order valence-electron chi connectivity index (χ2n) is 7.95. The molecule has 0 fully saturated rings. The van der Waals surface area contributed by atoms with Gasteiger partial charge in [-0.25, -0.2) is 0 Å². The van der Waals surface area contributed by atoms with Gasteiger partial charge in [0.25, 0.3) is 5.91 Å². The van der Waals surface area contributed by atoms with E-state index in [9.17, 15) is 9.59 Å². The number of carbonyl (C=O) groups is 2. The zero-order valence-corrected chi connectivity index (χ0v) is 20.0. The number of halogens is 1. The highest BCUT2D eigenvalue weighted by Gasteiger charge is 2.35. The molecular formula is C26H25ClN2O5. The highest BCUT2D eigenvalue weighted by atomic mass is 35.5. The van der Waals surface area contributed by atoms with Crippen molar-refractivity contribution in [1.82, 2.24) is 9.88 Å². The van der Waals surface area contributed by atoms with Gasteiger partial charge in [0.15, 0.2) is 11.5 Å². The van der Waals surface area contributed by atoms with Gasteiger partial charge in [-0.3, -0.25) is 14.6 Å². The van der Waals surface area contributed by atoms with Crippen LogP contribution in [0, 0.1) is 0 Å². The van der Waals surface area contributed by atoms with Crippen LogP contribution in [0.25, 0.3) is 0 Å². The highest BCUT2D eigenvalue weighted by Crippen LogP contribution is 2.43. The van der Waals surface area contributed by atoms with Gasteiger partial charge in [-0.05, 0) is 41.5 Å². The SMILES string of the molecule is COc1cc(C(CC(=O)Cc2ccc(Cl)cn2)N2Cc3ccccc3C2=O)cc(OC)c1OC. The van der Waals surface area contributed by atoms with Gasteiger partial charge in [-0.15, -0.1) is 0 Å². The zero-order valence-electron chi connectivity index (χ0n) is 19.2. The summed E-state index contributed by atoms with van der Waals surface area (Å²) < 4.78 is 16.5. The molecule has 1 aliphatic heterocycles. The fourth-order valence-corrected chi connectivity index (χ4v) is 4.34. The van der Waals surface area contributed by atoms with Crippen molar-refractivity contribution in [3.63, 3.8) is 0 Å². The minimum Gasteiger partial charge on any atom is -0.493 e. The number of fused-ring (bicyclic) bond motifs is 1. The Kier molecular flexibility index (Phi) is 7.03. The largest absolute Gasteiger partial charge is 0.493 e. The Morgan fingerprint density at radius 2 is 1.76 bits per heavy atom. The zero-order chi connectivity index (χ0) is 24.2. The first-order valence-corrected chi connectivity index (χ1v) is 11.1.